The molecule has 1 N–H and O–H groups in total. The first kappa shape index (κ1) is 20.1. The molecule has 0 aliphatic carbocycles. The van der Waals surface area contributed by atoms with Crippen molar-refractivity contribution in [2.45, 2.75) is 19.9 Å². The van der Waals surface area contributed by atoms with Crippen molar-refractivity contribution < 1.29 is 9.53 Å². The van der Waals surface area contributed by atoms with Crippen LogP contribution in [0.25, 0.3) is 0 Å². The zero-order valence-corrected chi connectivity index (χ0v) is 17.7. The average Bonchev–Trinajstić information content (AvgIpc) is 3.30. The van der Waals surface area contributed by atoms with Gasteiger partial charge in [0.2, 0.25) is 5.95 Å². The summed E-state index contributed by atoms with van der Waals surface area (Å²) in [6.45, 7) is 7.30. The second kappa shape index (κ2) is 7.25. The molecule has 158 valence electrons. The number of likely N-dealkylation sites (tertiary alicyclic amines) is 1. The molecule has 0 saturated carbocycles. The Hall–Kier alpha value is -3.19. The minimum atomic E-state index is -0.693. The maximum Gasteiger partial charge on any atom is 0.229 e. The van der Waals surface area contributed by atoms with E-state index in [1.165, 1.54) is 0 Å². The summed E-state index contributed by atoms with van der Waals surface area (Å²) in [6, 6.07) is 1.41. The van der Waals surface area contributed by atoms with E-state index in [1.807, 2.05) is 18.1 Å². The number of hydrogen-bond donors (Lipinski definition) is 1. The van der Waals surface area contributed by atoms with Crippen molar-refractivity contribution in [3.05, 3.63) is 18.6 Å². The van der Waals surface area contributed by atoms with Crippen LogP contribution in [0.1, 0.15) is 13.8 Å². The van der Waals surface area contributed by atoms with Gasteiger partial charge in [-0.25, -0.2) is 4.98 Å². The molecule has 2 aliphatic heterocycles. The standard InChI is InChI=1S/C20H26N8O2/c1-19-10-27(15(5-21)9-29)11-20(19,2)13-28(12-19)17-16(30-4)7-22-18(25-17)24-14-6-23-26(3)8-14/h6-9,15H,10-13H2,1-4H3,(H,22,24,25)/t15?,19-,20+. The van der Waals surface area contributed by atoms with Crippen molar-refractivity contribution >= 4 is 23.7 Å². The second-order valence-electron chi connectivity index (χ2n) is 8.71. The Kier molecular flexibility index (Phi) is 4.86. The average molecular weight is 410 g/mol. The summed E-state index contributed by atoms with van der Waals surface area (Å²) in [5.74, 6) is 1.81. The molecule has 10 nitrogen and oxygen atoms in total. The van der Waals surface area contributed by atoms with Crippen molar-refractivity contribution in [3.63, 3.8) is 0 Å². The highest BCUT2D eigenvalue weighted by atomic mass is 16.5. The lowest BCUT2D eigenvalue weighted by Gasteiger charge is -2.30. The van der Waals surface area contributed by atoms with Crippen LogP contribution in [0, 0.1) is 22.2 Å². The number of aromatic nitrogens is 4. The fourth-order valence-corrected chi connectivity index (χ4v) is 4.67. The summed E-state index contributed by atoms with van der Waals surface area (Å²) >= 11 is 0. The van der Waals surface area contributed by atoms with Crippen LogP contribution < -0.4 is 15.0 Å². The van der Waals surface area contributed by atoms with Crippen molar-refractivity contribution in [2.24, 2.45) is 17.9 Å². The monoisotopic (exact) mass is 410 g/mol. The number of anilines is 3. The van der Waals surface area contributed by atoms with E-state index in [0.717, 1.165) is 30.9 Å². The van der Waals surface area contributed by atoms with Gasteiger partial charge < -0.3 is 19.7 Å². The van der Waals surface area contributed by atoms with Gasteiger partial charge in [-0.3, -0.25) is 9.58 Å². The van der Waals surface area contributed by atoms with E-state index in [-0.39, 0.29) is 10.8 Å². The molecule has 4 heterocycles. The van der Waals surface area contributed by atoms with E-state index in [1.54, 1.807) is 24.2 Å². The van der Waals surface area contributed by atoms with Gasteiger partial charge in [0.05, 0.1) is 31.3 Å². The first-order valence-corrected chi connectivity index (χ1v) is 9.81. The van der Waals surface area contributed by atoms with Crippen LogP contribution in [-0.4, -0.2) is 70.3 Å². The lowest BCUT2D eigenvalue weighted by atomic mass is 9.71. The highest BCUT2D eigenvalue weighted by Crippen LogP contribution is 2.53. The van der Waals surface area contributed by atoms with Gasteiger partial charge >= 0.3 is 0 Å². The molecular weight excluding hydrogens is 384 g/mol. The van der Waals surface area contributed by atoms with Crippen molar-refractivity contribution in [1.82, 2.24) is 24.6 Å². The molecule has 0 aromatic carbocycles. The van der Waals surface area contributed by atoms with Crippen molar-refractivity contribution in [1.29, 1.82) is 5.26 Å². The molecule has 2 fully saturated rings. The Morgan fingerprint density at radius 3 is 2.50 bits per heavy atom. The van der Waals surface area contributed by atoms with E-state index in [4.69, 9.17) is 9.72 Å². The third-order valence-electron chi connectivity index (χ3n) is 6.51. The number of nitrogens with one attached hydrogen (secondary N) is 1. The lowest BCUT2D eigenvalue weighted by molar-refractivity contribution is -0.110. The SMILES string of the molecule is COc1cnc(Nc2cnn(C)c2)nc1N1C[C@@]2(C)CN(C(C#N)C=O)C[C@@]2(C)C1. The maximum absolute atomic E-state index is 11.3. The highest BCUT2D eigenvalue weighted by molar-refractivity contribution is 5.63. The Balaban J connectivity index is 1.59. The minimum absolute atomic E-state index is 0.0853. The third-order valence-corrected chi connectivity index (χ3v) is 6.51. The Morgan fingerprint density at radius 2 is 1.97 bits per heavy atom. The quantitative estimate of drug-likeness (QED) is 0.702. The predicted octanol–water partition coefficient (Wildman–Crippen LogP) is 1.20. The van der Waals surface area contributed by atoms with Gasteiger partial charge in [-0.1, -0.05) is 13.8 Å². The first-order valence-electron chi connectivity index (χ1n) is 9.81. The summed E-state index contributed by atoms with van der Waals surface area (Å²) < 4.78 is 7.24. The molecule has 2 aromatic rings. The molecule has 2 aromatic heterocycles. The zero-order valence-electron chi connectivity index (χ0n) is 17.7. The molecule has 0 bridgehead atoms. The summed E-state index contributed by atoms with van der Waals surface area (Å²) in [7, 11) is 3.46. The highest BCUT2D eigenvalue weighted by Gasteiger charge is 2.59. The lowest BCUT2D eigenvalue weighted by Crippen LogP contribution is -2.38. The Morgan fingerprint density at radius 1 is 1.27 bits per heavy atom. The molecule has 0 radical (unpaired) electrons. The number of methoxy groups -OCH3 is 1. The Bertz CT molecular complexity index is 981. The van der Waals surface area contributed by atoms with Gasteiger partial charge in [0.25, 0.3) is 0 Å². The van der Waals surface area contributed by atoms with Gasteiger partial charge in [-0.2, -0.15) is 15.3 Å². The first-order chi connectivity index (χ1) is 14.3. The molecule has 10 heteroatoms. The van der Waals surface area contributed by atoms with E-state index >= 15 is 0 Å². The molecule has 0 amide bonds. The van der Waals surface area contributed by atoms with E-state index < -0.39 is 6.04 Å². The summed E-state index contributed by atoms with van der Waals surface area (Å²) in [5, 5.41) is 16.6. The number of nitrogens with zero attached hydrogens (tertiary/aromatic N) is 7. The zero-order chi connectivity index (χ0) is 21.5. The number of carbonyl (C=O) groups excluding carboxylic acids is 1. The number of fused-ring (bicyclic) bond motifs is 1. The van der Waals surface area contributed by atoms with Gasteiger partial charge in [0.15, 0.2) is 23.9 Å². The van der Waals surface area contributed by atoms with Crippen LogP contribution in [0.15, 0.2) is 18.6 Å². The molecule has 3 atom stereocenters. The topological polar surface area (TPSA) is 112 Å². The molecule has 0 spiro atoms. The minimum Gasteiger partial charge on any atom is -0.491 e. The summed E-state index contributed by atoms with van der Waals surface area (Å²) in [5.41, 5.74) is 0.633. The van der Waals surface area contributed by atoms with Gasteiger partial charge in [0, 0.05) is 50.3 Å². The maximum atomic E-state index is 11.3. The molecule has 2 aliphatic rings. The fraction of sp³-hybridized carbons (Fsp3) is 0.550. The number of aryl methyl sites for hydroxylation is 1. The number of carbonyl (C=O) groups is 1. The summed E-state index contributed by atoms with van der Waals surface area (Å²) in [4.78, 5) is 24.6. The largest absolute Gasteiger partial charge is 0.491 e. The van der Waals surface area contributed by atoms with Crippen molar-refractivity contribution in [3.8, 4) is 11.8 Å². The van der Waals surface area contributed by atoms with Crippen LogP contribution in [0.4, 0.5) is 17.5 Å². The summed E-state index contributed by atoms with van der Waals surface area (Å²) in [6.07, 6.45) is 5.96. The number of rotatable bonds is 6. The van der Waals surface area contributed by atoms with Crippen LogP contribution >= 0.6 is 0 Å². The van der Waals surface area contributed by atoms with E-state index in [2.05, 4.69) is 40.2 Å². The Labute approximate surface area is 175 Å². The predicted molar refractivity (Wildman–Crippen MR) is 111 cm³/mol. The van der Waals surface area contributed by atoms with Crippen LogP contribution in [0.2, 0.25) is 0 Å². The normalized spacial score (nSPS) is 26.8. The van der Waals surface area contributed by atoms with Crippen LogP contribution in [0.3, 0.4) is 0 Å². The molecule has 30 heavy (non-hydrogen) atoms. The van der Waals surface area contributed by atoms with Crippen LogP contribution in [0.5, 0.6) is 5.75 Å². The second-order valence-corrected chi connectivity index (χ2v) is 8.71. The molecule has 1 unspecified atom stereocenters. The smallest absolute Gasteiger partial charge is 0.229 e. The number of aldehydes is 1. The molecular formula is C20H26N8O2. The van der Waals surface area contributed by atoms with Gasteiger partial charge in [-0.05, 0) is 0 Å². The third kappa shape index (κ3) is 3.25. The fourth-order valence-electron chi connectivity index (χ4n) is 4.67. The number of hydrogen-bond acceptors (Lipinski definition) is 9. The molecule has 4 rings (SSSR count). The van der Waals surface area contributed by atoms with E-state index in [9.17, 15) is 10.1 Å². The van der Waals surface area contributed by atoms with Crippen LogP contribution in [-0.2, 0) is 11.8 Å². The molecule has 2 saturated heterocycles. The number of nitriles is 1. The van der Waals surface area contributed by atoms with Gasteiger partial charge in [-0.15, -0.1) is 0 Å². The number of ether oxygens (including phenoxy) is 1. The van der Waals surface area contributed by atoms with E-state index in [0.29, 0.717) is 24.8 Å². The van der Waals surface area contributed by atoms with Gasteiger partial charge in [0.1, 0.15) is 0 Å². The van der Waals surface area contributed by atoms with Crippen molar-refractivity contribution in [2.75, 3.05) is 43.5 Å².